The van der Waals surface area contributed by atoms with Gasteiger partial charge in [-0.3, -0.25) is 0 Å². The molecular weight excluding hydrogens is 342 g/mol. The van der Waals surface area contributed by atoms with Crippen molar-refractivity contribution in [1.29, 1.82) is 0 Å². The van der Waals surface area contributed by atoms with Crippen molar-refractivity contribution in [2.75, 3.05) is 27.4 Å². The van der Waals surface area contributed by atoms with Crippen molar-refractivity contribution in [2.24, 2.45) is 0 Å². The zero-order chi connectivity index (χ0) is 18.9. The van der Waals surface area contributed by atoms with E-state index in [2.05, 4.69) is 5.32 Å². The Morgan fingerprint density at radius 3 is 2.54 bits per heavy atom. The van der Waals surface area contributed by atoms with Crippen LogP contribution in [0.15, 0.2) is 35.1 Å². The van der Waals surface area contributed by atoms with Crippen LogP contribution >= 0.6 is 0 Å². The summed E-state index contributed by atoms with van der Waals surface area (Å²) in [6.07, 6.45) is 2.20. The molecule has 1 aromatic heterocycles. The standard InChI is InChI=1S/C18H21NO7/c1-4-25-17(20)13-10-24-11-16(13)26-18(21)19-8-7-12-5-6-14(22-2)15(9-12)23-3/h5-6,9-11H,4,7-8H2,1-3H3,(H,19,21). The molecule has 2 aromatic rings. The zero-order valence-electron chi connectivity index (χ0n) is 14.9. The Morgan fingerprint density at radius 1 is 1.08 bits per heavy atom. The van der Waals surface area contributed by atoms with Gasteiger partial charge in [0, 0.05) is 6.54 Å². The summed E-state index contributed by atoms with van der Waals surface area (Å²) in [5.74, 6) is 0.640. The Labute approximate surface area is 151 Å². The number of benzene rings is 1. The van der Waals surface area contributed by atoms with Crippen LogP contribution in [-0.2, 0) is 11.2 Å². The maximum absolute atomic E-state index is 11.9. The highest BCUT2D eigenvalue weighted by molar-refractivity contribution is 5.92. The molecule has 0 aliphatic carbocycles. The van der Waals surface area contributed by atoms with Crippen LogP contribution in [0.4, 0.5) is 4.79 Å². The first-order valence-electron chi connectivity index (χ1n) is 7.99. The summed E-state index contributed by atoms with van der Waals surface area (Å²) in [5, 5.41) is 2.61. The lowest BCUT2D eigenvalue weighted by atomic mass is 10.1. The molecule has 26 heavy (non-hydrogen) atoms. The summed E-state index contributed by atoms with van der Waals surface area (Å²) in [4.78, 5) is 23.6. The van der Waals surface area contributed by atoms with E-state index in [4.69, 9.17) is 23.4 Å². The highest BCUT2D eigenvalue weighted by Gasteiger charge is 2.19. The molecule has 0 saturated carbocycles. The molecule has 8 nitrogen and oxygen atoms in total. The van der Waals surface area contributed by atoms with Gasteiger partial charge in [0.25, 0.3) is 0 Å². The van der Waals surface area contributed by atoms with Crippen molar-refractivity contribution in [1.82, 2.24) is 5.32 Å². The monoisotopic (exact) mass is 363 g/mol. The average molecular weight is 363 g/mol. The fraction of sp³-hybridized carbons (Fsp3) is 0.333. The number of hydrogen-bond donors (Lipinski definition) is 1. The van der Waals surface area contributed by atoms with Crippen LogP contribution in [0.25, 0.3) is 0 Å². The topological polar surface area (TPSA) is 96.2 Å². The Balaban J connectivity index is 1.86. The molecule has 1 heterocycles. The molecule has 0 aliphatic heterocycles. The summed E-state index contributed by atoms with van der Waals surface area (Å²) >= 11 is 0. The second-order valence-electron chi connectivity index (χ2n) is 5.13. The quantitative estimate of drug-likeness (QED) is 0.720. The van der Waals surface area contributed by atoms with Gasteiger partial charge in [0.05, 0.1) is 20.8 Å². The number of nitrogens with one attached hydrogen (secondary N) is 1. The summed E-state index contributed by atoms with van der Waals surface area (Å²) in [6, 6.07) is 5.51. The minimum absolute atomic E-state index is 0.00654. The van der Waals surface area contributed by atoms with Crippen molar-refractivity contribution >= 4 is 12.1 Å². The summed E-state index contributed by atoms with van der Waals surface area (Å²) in [5.41, 5.74) is 1.01. The summed E-state index contributed by atoms with van der Waals surface area (Å²) in [7, 11) is 3.12. The fourth-order valence-corrected chi connectivity index (χ4v) is 2.20. The Kier molecular flexibility index (Phi) is 6.90. The lowest BCUT2D eigenvalue weighted by Crippen LogP contribution is -2.29. The van der Waals surface area contributed by atoms with Crippen molar-refractivity contribution in [3.8, 4) is 17.2 Å². The molecule has 0 fully saturated rings. The van der Waals surface area contributed by atoms with Crippen LogP contribution in [0.3, 0.4) is 0 Å². The van der Waals surface area contributed by atoms with Gasteiger partial charge in [-0.1, -0.05) is 6.07 Å². The number of hydrogen-bond acceptors (Lipinski definition) is 7. The van der Waals surface area contributed by atoms with Crippen LogP contribution in [0.2, 0.25) is 0 Å². The van der Waals surface area contributed by atoms with E-state index in [0.29, 0.717) is 24.5 Å². The number of amides is 1. The second-order valence-corrected chi connectivity index (χ2v) is 5.13. The first kappa shape index (κ1) is 19.2. The third-order valence-corrected chi connectivity index (χ3v) is 3.46. The van der Waals surface area contributed by atoms with Gasteiger partial charge in [-0.05, 0) is 31.0 Å². The van der Waals surface area contributed by atoms with Crippen LogP contribution in [-0.4, -0.2) is 39.4 Å². The molecule has 0 unspecified atom stereocenters. The van der Waals surface area contributed by atoms with Gasteiger partial charge in [-0.15, -0.1) is 0 Å². The molecule has 0 radical (unpaired) electrons. The van der Waals surface area contributed by atoms with E-state index < -0.39 is 12.1 Å². The zero-order valence-corrected chi connectivity index (χ0v) is 14.9. The van der Waals surface area contributed by atoms with Crippen LogP contribution in [0, 0.1) is 0 Å². The first-order chi connectivity index (χ1) is 12.6. The fourth-order valence-electron chi connectivity index (χ4n) is 2.20. The number of rotatable bonds is 8. The number of furan rings is 1. The maximum Gasteiger partial charge on any atom is 0.412 e. The summed E-state index contributed by atoms with van der Waals surface area (Å²) in [6.45, 7) is 2.22. The van der Waals surface area contributed by atoms with Gasteiger partial charge in [-0.2, -0.15) is 0 Å². The molecule has 0 spiro atoms. The van der Waals surface area contributed by atoms with Crippen molar-refractivity contribution in [2.45, 2.75) is 13.3 Å². The molecule has 0 bridgehead atoms. The predicted octanol–water partition coefficient (Wildman–Crippen LogP) is 2.80. The van der Waals surface area contributed by atoms with Gasteiger partial charge >= 0.3 is 12.1 Å². The normalized spacial score (nSPS) is 10.1. The molecule has 0 saturated heterocycles. The minimum Gasteiger partial charge on any atom is -0.493 e. The van der Waals surface area contributed by atoms with E-state index in [-0.39, 0.29) is 17.9 Å². The largest absolute Gasteiger partial charge is 0.493 e. The van der Waals surface area contributed by atoms with E-state index >= 15 is 0 Å². The molecule has 140 valence electrons. The van der Waals surface area contributed by atoms with Gasteiger partial charge in [0.15, 0.2) is 17.2 Å². The van der Waals surface area contributed by atoms with Gasteiger partial charge in [-0.25, -0.2) is 9.59 Å². The van der Waals surface area contributed by atoms with E-state index in [1.807, 2.05) is 12.1 Å². The smallest absolute Gasteiger partial charge is 0.412 e. The van der Waals surface area contributed by atoms with Crippen LogP contribution in [0.5, 0.6) is 17.2 Å². The number of carbonyl (C=O) groups excluding carboxylic acids is 2. The predicted molar refractivity (Wildman–Crippen MR) is 91.9 cm³/mol. The van der Waals surface area contributed by atoms with Gasteiger partial charge in [0.1, 0.15) is 18.1 Å². The molecule has 1 aromatic carbocycles. The molecule has 0 atom stereocenters. The minimum atomic E-state index is -0.697. The lowest BCUT2D eigenvalue weighted by molar-refractivity contribution is 0.0523. The Morgan fingerprint density at radius 2 is 1.85 bits per heavy atom. The van der Waals surface area contributed by atoms with Crippen molar-refractivity contribution < 1.29 is 33.0 Å². The first-order valence-corrected chi connectivity index (χ1v) is 7.99. The third kappa shape index (κ3) is 4.92. The lowest BCUT2D eigenvalue weighted by Gasteiger charge is -2.10. The van der Waals surface area contributed by atoms with Crippen LogP contribution in [0.1, 0.15) is 22.8 Å². The highest BCUT2D eigenvalue weighted by atomic mass is 16.6. The molecule has 1 amide bonds. The van der Waals surface area contributed by atoms with E-state index in [9.17, 15) is 9.59 Å². The molecule has 0 aliphatic rings. The van der Waals surface area contributed by atoms with Crippen LogP contribution < -0.4 is 19.5 Å². The number of esters is 1. The Hall–Kier alpha value is -3.16. The van der Waals surface area contributed by atoms with E-state index in [0.717, 1.165) is 5.56 Å². The maximum atomic E-state index is 11.9. The number of carbonyl (C=O) groups is 2. The van der Waals surface area contributed by atoms with Crippen molar-refractivity contribution in [3.63, 3.8) is 0 Å². The number of ether oxygens (including phenoxy) is 4. The molecular formula is C18H21NO7. The van der Waals surface area contributed by atoms with E-state index in [1.54, 1.807) is 27.2 Å². The Bertz CT molecular complexity index is 754. The van der Waals surface area contributed by atoms with E-state index in [1.165, 1.54) is 12.5 Å². The van der Waals surface area contributed by atoms with Crippen molar-refractivity contribution in [3.05, 3.63) is 41.9 Å². The van der Waals surface area contributed by atoms with Gasteiger partial charge in [0.2, 0.25) is 0 Å². The SMILES string of the molecule is CCOC(=O)c1cocc1OC(=O)NCCc1ccc(OC)c(OC)c1. The highest BCUT2D eigenvalue weighted by Crippen LogP contribution is 2.27. The average Bonchev–Trinajstić information content (AvgIpc) is 3.09. The van der Waals surface area contributed by atoms with Gasteiger partial charge < -0.3 is 28.7 Å². The third-order valence-electron chi connectivity index (χ3n) is 3.46. The summed E-state index contributed by atoms with van der Waals surface area (Å²) < 4.78 is 25.3. The second kappa shape index (κ2) is 9.36. The molecule has 2 rings (SSSR count). The number of methoxy groups -OCH3 is 2. The molecule has 8 heteroatoms. The molecule has 1 N–H and O–H groups in total.